The fourth-order valence-corrected chi connectivity index (χ4v) is 2.23. The molecule has 110 valence electrons. The predicted molar refractivity (Wildman–Crippen MR) is 76.7 cm³/mol. The Labute approximate surface area is 119 Å². The van der Waals surface area contributed by atoms with Crippen LogP contribution in [0, 0.1) is 0 Å². The number of hydrogen-bond acceptors (Lipinski definition) is 3. The molecule has 1 aromatic heterocycles. The standard InChI is InChI=1S/C13H16F3N3S/c1-12(2,20-3)7-19-10-5-4-8(17)6-9(10)18-11(19)13(14,15)16/h4-6H,7,17H2,1-3H3. The van der Waals surface area contributed by atoms with Crippen LogP contribution in [0.3, 0.4) is 0 Å². The summed E-state index contributed by atoms with van der Waals surface area (Å²) in [6.07, 6.45) is -2.60. The Morgan fingerprint density at radius 3 is 2.50 bits per heavy atom. The number of nitrogen functional groups attached to an aromatic ring is 1. The van der Waals surface area contributed by atoms with E-state index in [1.165, 1.54) is 22.4 Å². The van der Waals surface area contributed by atoms with E-state index in [1.54, 1.807) is 12.1 Å². The van der Waals surface area contributed by atoms with E-state index in [0.29, 0.717) is 11.2 Å². The van der Waals surface area contributed by atoms with Gasteiger partial charge in [0.2, 0.25) is 5.82 Å². The average Bonchev–Trinajstić information content (AvgIpc) is 2.66. The van der Waals surface area contributed by atoms with Crippen LogP contribution in [0.15, 0.2) is 18.2 Å². The highest BCUT2D eigenvalue weighted by atomic mass is 32.2. The molecule has 0 saturated heterocycles. The van der Waals surface area contributed by atoms with Crippen LogP contribution in [0.2, 0.25) is 0 Å². The lowest BCUT2D eigenvalue weighted by molar-refractivity contribution is -0.147. The number of benzene rings is 1. The van der Waals surface area contributed by atoms with E-state index < -0.39 is 12.0 Å². The van der Waals surface area contributed by atoms with Gasteiger partial charge in [0.15, 0.2) is 0 Å². The second kappa shape index (κ2) is 4.87. The molecule has 20 heavy (non-hydrogen) atoms. The van der Waals surface area contributed by atoms with Crippen molar-refractivity contribution in [3.05, 3.63) is 24.0 Å². The third-order valence-corrected chi connectivity index (χ3v) is 4.35. The van der Waals surface area contributed by atoms with Gasteiger partial charge in [-0.15, -0.1) is 0 Å². The second-order valence-electron chi connectivity index (χ2n) is 5.23. The topological polar surface area (TPSA) is 43.8 Å². The first-order valence-electron chi connectivity index (χ1n) is 6.02. The maximum absolute atomic E-state index is 13.1. The highest BCUT2D eigenvalue weighted by Gasteiger charge is 2.38. The molecular weight excluding hydrogens is 287 g/mol. The van der Waals surface area contributed by atoms with Crippen LogP contribution in [0.1, 0.15) is 19.7 Å². The number of thioether (sulfide) groups is 1. The summed E-state index contributed by atoms with van der Waals surface area (Å²) < 4.78 is 40.3. The molecule has 0 spiro atoms. The van der Waals surface area contributed by atoms with Gasteiger partial charge < -0.3 is 10.3 Å². The normalized spacial score (nSPS) is 13.1. The molecule has 0 saturated carbocycles. The van der Waals surface area contributed by atoms with E-state index in [1.807, 2.05) is 20.1 Å². The number of nitrogens with two attached hydrogens (primary N) is 1. The summed E-state index contributed by atoms with van der Waals surface area (Å²) >= 11 is 1.52. The van der Waals surface area contributed by atoms with E-state index in [0.717, 1.165) is 0 Å². The van der Waals surface area contributed by atoms with E-state index >= 15 is 0 Å². The minimum Gasteiger partial charge on any atom is -0.399 e. The summed E-state index contributed by atoms with van der Waals surface area (Å²) in [6, 6.07) is 4.64. The minimum absolute atomic E-state index is 0.226. The van der Waals surface area contributed by atoms with Gasteiger partial charge in [0.25, 0.3) is 0 Å². The summed E-state index contributed by atoms with van der Waals surface area (Å²) in [6.45, 7) is 4.03. The van der Waals surface area contributed by atoms with Crippen molar-refractivity contribution >= 4 is 28.5 Å². The molecule has 1 heterocycles. The number of nitrogens with zero attached hydrogens (tertiary/aromatic N) is 2. The summed E-state index contributed by atoms with van der Waals surface area (Å²) in [4.78, 5) is 3.71. The van der Waals surface area contributed by atoms with Gasteiger partial charge in [-0.1, -0.05) is 0 Å². The molecule has 0 radical (unpaired) electrons. The first-order chi connectivity index (χ1) is 9.14. The van der Waals surface area contributed by atoms with E-state index in [-0.39, 0.29) is 16.8 Å². The lowest BCUT2D eigenvalue weighted by Gasteiger charge is -2.24. The molecule has 0 atom stereocenters. The Hall–Kier alpha value is -1.37. The van der Waals surface area contributed by atoms with Crippen molar-refractivity contribution in [3.8, 4) is 0 Å². The molecule has 0 aliphatic carbocycles. The number of fused-ring (bicyclic) bond motifs is 1. The molecule has 0 aliphatic heterocycles. The molecule has 2 aromatic rings. The molecule has 2 N–H and O–H groups in total. The number of hydrogen-bond donors (Lipinski definition) is 1. The summed E-state index contributed by atoms with van der Waals surface area (Å²) in [5.74, 6) is -0.875. The van der Waals surface area contributed by atoms with Gasteiger partial charge in [-0.05, 0) is 38.3 Å². The van der Waals surface area contributed by atoms with Crippen LogP contribution in [-0.2, 0) is 12.7 Å². The molecule has 1 aromatic carbocycles. The van der Waals surface area contributed by atoms with Crippen LogP contribution in [0.4, 0.5) is 18.9 Å². The minimum atomic E-state index is -4.48. The van der Waals surface area contributed by atoms with Crippen molar-refractivity contribution in [1.29, 1.82) is 0 Å². The Morgan fingerprint density at radius 2 is 1.95 bits per heavy atom. The lowest BCUT2D eigenvalue weighted by atomic mass is 10.2. The fourth-order valence-electron chi connectivity index (χ4n) is 1.97. The third kappa shape index (κ3) is 2.87. The SMILES string of the molecule is CSC(C)(C)Cn1c(C(F)(F)F)nc2cc(N)ccc21. The highest BCUT2D eigenvalue weighted by Crippen LogP contribution is 2.34. The third-order valence-electron chi connectivity index (χ3n) is 3.12. The number of alkyl halides is 3. The van der Waals surface area contributed by atoms with E-state index in [2.05, 4.69) is 4.98 Å². The van der Waals surface area contributed by atoms with Crippen LogP contribution < -0.4 is 5.73 Å². The summed E-state index contributed by atoms with van der Waals surface area (Å²) in [7, 11) is 0. The number of halogens is 3. The van der Waals surface area contributed by atoms with Crippen molar-refractivity contribution in [2.24, 2.45) is 0 Å². The molecular formula is C13H16F3N3S. The van der Waals surface area contributed by atoms with Gasteiger partial charge in [0.1, 0.15) is 0 Å². The zero-order chi connectivity index (χ0) is 15.1. The van der Waals surface area contributed by atoms with Crippen LogP contribution in [-0.4, -0.2) is 20.6 Å². The summed E-state index contributed by atoms with van der Waals surface area (Å²) in [5.41, 5.74) is 6.74. The van der Waals surface area contributed by atoms with Gasteiger partial charge in [0, 0.05) is 17.0 Å². The van der Waals surface area contributed by atoms with Crippen LogP contribution in [0.25, 0.3) is 11.0 Å². The first kappa shape index (κ1) is 15.0. The van der Waals surface area contributed by atoms with Gasteiger partial charge in [0.05, 0.1) is 11.0 Å². The van der Waals surface area contributed by atoms with E-state index in [4.69, 9.17) is 5.73 Å². The molecule has 2 rings (SSSR count). The number of imidazole rings is 1. The van der Waals surface area contributed by atoms with Crippen molar-refractivity contribution in [2.45, 2.75) is 31.3 Å². The maximum Gasteiger partial charge on any atom is 0.449 e. The Balaban J connectivity index is 2.65. The second-order valence-corrected chi connectivity index (χ2v) is 6.74. The zero-order valence-electron chi connectivity index (χ0n) is 11.5. The molecule has 0 aliphatic rings. The number of aromatic nitrogens is 2. The number of rotatable bonds is 3. The van der Waals surface area contributed by atoms with Gasteiger partial charge in [-0.3, -0.25) is 0 Å². The zero-order valence-corrected chi connectivity index (χ0v) is 12.3. The molecule has 7 heteroatoms. The van der Waals surface area contributed by atoms with Crippen molar-refractivity contribution < 1.29 is 13.2 Å². The van der Waals surface area contributed by atoms with Crippen molar-refractivity contribution in [1.82, 2.24) is 9.55 Å². The molecule has 0 fully saturated rings. The maximum atomic E-state index is 13.1. The van der Waals surface area contributed by atoms with Gasteiger partial charge >= 0.3 is 6.18 Å². The predicted octanol–water partition coefficient (Wildman–Crippen LogP) is 3.78. The molecule has 3 nitrogen and oxygen atoms in total. The smallest absolute Gasteiger partial charge is 0.399 e. The van der Waals surface area contributed by atoms with Crippen LogP contribution >= 0.6 is 11.8 Å². The van der Waals surface area contributed by atoms with Crippen LogP contribution in [0.5, 0.6) is 0 Å². The Morgan fingerprint density at radius 1 is 1.30 bits per heavy atom. The van der Waals surface area contributed by atoms with Gasteiger partial charge in [-0.2, -0.15) is 24.9 Å². The largest absolute Gasteiger partial charge is 0.449 e. The Bertz CT molecular complexity index is 632. The molecule has 0 unspecified atom stereocenters. The summed E-state index contributed by atoms with van der Waals surface area (Å²) in [5, 5.41) is 0. The monoisotopic (exact) mass is 303 g/mol. The van der Waals surface area contributed by atoms with Gasteiger partial charge in [-0.25, -0.2) is 4.98 Å². The Kier molecular flexibility index (Phi) is 3.66. The van der Waals surface area contributed by atoms with Crippen molar-refractivity contribution in [2.75, 3.05) is 12.0 Å². The molecule has 0 bridgehead atoms. The fraction of sp³-hybridized carbons (Fsp3) is 0.462. The highest BCUT2D eigenvalue weighted by molar-refractivity contribution is 7.99. The number of anilines is 1. The van der Waals surface area contributed by atoms with E-state index in [9.17, 15) is 13.2 Å². The van der Waals surface area contributed by atoms with Crippen molar-refractivity contribution in [3.63, 3.8) is 0 Å². The first-order valence-corrected chi connectivity index (χ1v) is 7.24. The average molecular weight is 303 g/mol. The molecule has 0 amide bonds. The quantitative estimate of drug-likeness (QED) is 0.878. The lowest BCUT2D eigenvalue weighted by Crippen LogP contribution is -2.26.